The molecule has 1 aromatic heterocycles. The molecule has 1 heterocycles. The van der Waals surface area contributed by atoms with Crippen molar-refractivity contribution in [1.29, 1.82) is 0 Å². The maximum Gasteiger partial charge on any atom is 0.220 e. The summed E-state index contributed by atoms with van der Waals surface area (Å²) in [6.45, 7) is 8.22. The molecule has 0 aliphatic heterocycles. The van der Waals surface area contributed by atoms with Crippen LogP contribution in [0.5, 0.6) is 0 Å². The van der Waals surface area contributed by atoms with E-state index < -0.39 is 0 Å². The van der Waals surface area contributed by atoms with Crippen molar-refractivity contribution >= 4 is 35.4 Å². The first-order valence-corrected chi connectivity index (χ1v) is 7.44. The third-order valence-electron chi connectivity index (χ3n) is 2.79. The van der Waals surface area contributed by atoms with Crippen molar-refractivity contribution in [3.05, 3.63) is 21.4 Å². The van der Waals surface area contributed by atoms with Crippen molar-refractivity contribution in [1.82, 2.24) is 10.6 Å². The van der Waals surface area contributed by atoms with Crippen molar-refractivity contribution in [2.45, 2.75) is 33.6 Å². The van der Waals surface area contributed by atoms with Gasteiger partial charge in [0.15, 0.2) is 5.78 Å². The van der Waals surface area contributed by atoms with Crippen LogP contribution in [0.4, 0.5) is 0 Å². The van der Waals surface area contributed by atoms with Gasteiger partial charge in [0, 0.05) is 41.2 Å². The van der Waals surface area contributed by atoms with E-state index in [2.05, 4.69) is 10.6 Å². The van der Waals surface area contributed by atoms with E-state index in [1.807, 2.05) is 26.8 Å². The van der Waals surface area contributed by atoms with Gasteiger partial charge in [-0.3, -0.25) is 9.59 Å². The lowest BCUT2D eigenvalue weighted by molar-refractivity contribution is -0.121. The summed E-state index contributed by atoms with van der Waals surface area (Å²) in [5.74, 6) is -0.000425. The lowest BCUT2D eigenvalue weighted by Crippen LogP contribution is -2.31. The standard InChI is InChI=1S/C14H22N2O2S.ClH/c1-4-15-7-8-16-14(18)6-5-13(17)12-9-10(2)19-11(12)3;/h9,15H,4-8H2,1-3H3,(H,16,18);1H. The van der Waals surface area contributed by atoms with Crippen LogP contribution in [0.1, 0.15) is 39.9 Å². The minimum Gasteiger partial charge on any atom is -0.355 e. The monoisotopic (exact) mass is 318 g/mol. The molecule has 0 aliphatic carbocycles. The fourth-order valence-corrected chi connectivity index (χ4v) is 2.77. The van der Waals surface area contributed by atoms with Gasteiger partial charge in [0.1, 0.15) is 0 Å². The highest BCUT2D eigenvalue weighted by molar-refractivity contribution is 7.12. The van der Waals surface area contributed by atoms with Gasteiger partial charge >= 0.3 is 0 Å². The van der Waals surface area contributed by atoms with Crippen LogP contribution in [-0.2, 0) is 4.79 Å². The fraction of sp³-hybridized carbons (Fsp3) is 0.571. The van der Waals surface area contributed by atoms with Gasteiger partial charge in [0.05, 0.1) is 0 Å². The van der Waals surface area contributed by atoms with Gasteiger partial charge in [0.2, 0.25) is 5.91 Å². The number of amides is 1. The van der Waals surface area contributed by atoms with E-state index in [1.165, 1.54) is 0 Å². The summed E-state index contributed by atoms with van der Waals surface area (Å²) in [6.07, 6.45) is 0.545. The van der Waals surface area contributed by atoms with Gasteiger partial charge < -0.3 is 10.6 Å². The van der Waals surface area contributed by atoms with Crippen molar-refractivity contribution in [2.75, 3.05) is 19.6 Å². The van der Waals surface area contributed by atoms with Crippen LogP contribution >= 0.6 is 23.7 Å². The predicted molar refractivity (Wildman–Crippen MR) is 86.2 cm³/mol. The number of rotatable bonds is 8. The third-order valence-corrected chi connectivity index (χ3v) is 3.76. The summed E-state index contributed by atoms with van der Waals surface area (Å²) in [7, 11) is 0. The van der Waals surface area contributed by atoms with Crippen LogP contribution in [0.3, 0.4) is 0 Å². The van der Waals surface area contributed by atoms with E-state index >= 15 is 0 Å². The number of aryl methyl sites for hydroxylation is 2. The molecule has 0 aromatic carbocycles. The minimum absolute atomic E-state index is 0. The number of likely N-dealkylation sites (N-methyl/N-ethyl adjacent to an activating group) is 1. The maximum absolute atomic E-state index is 12.0. The number of hydrogen-bond acceptors (Lipinski definition) is 4. The quantitative estimate of drug-likeness (QED) is 0.572. The molecule has 0 unspecified atom stereocenters. The molecule has 0 bridgehead atoms. The summed E-state index contributed by atoms with van der Waals surface area (Å²) in [6, 6.07) is 1.91. The van der Waals surface area contributed by atoms with Gasteiger partial charge in [0.25, 0.3) is 0 Å². The van der Waals surface area contributed by atoms with Gasteiger partial charge in [-0.1, -0.05) is 6.92 Å². The highest BCUT2D eigenvalue weighted by Crippen LogP contribution is 2.22. The van der Waals surface area contributed by atoms with E-state index in [1.54, 1.807) is 11.3 Å². The molecule has 0 saturated carbocycles. The molecule has 2 N–H and O–H groups in total. The first-order chi connectivity index (χ1) is 9.04. The summed E-state index contributed by atoms with van der Waals surface area (Å²) in [5.41, 5.74) is 0.767. The lowest BCUT2D eigenvalue weighted by atomic mass is 10.1. The first-order valence-electron chi connectivity index (χ1n) is 6.62. The summed E-state index contributed by atoms with van der Waals surface area (Å²) >= 11 is 1.62. The number of ketones is 1. The molecule has 4 nitrogen and oxygen atoms in total. The Morgan fingerprint density at radius 1 is 1.20 bits per heavy atom. The molecule has 20 heavy (non-hydrogen) atoms. The number of carbonyl (C=O) groups excluding carboxylic acids is 2. The molecule has 0 spiro atoms. The first kappa shape index (κ1) is 19.1. The molecule has 6 heteroatoms. The molecule has 0 atom stereocenters. The van der Waals surface area contributed by atoms with Gasteiger partial charge in [-0.05, 0) is 26.5 Å². The van der Waals surface area contributed by atoms with Crippen molar-refractivity contribution in [3.8, 4) is 0 Å². The molecule has 0 saturated heterocycles. The van der Waals surface area contributed by atoms with Gasteiger partial charge in [-0.15, -0.1) is 23.7 Å². The van der Waals surface area contributed by atoms with E-state index in [9.17, 15) is 9.59 Å². The molecule has 1 aromatic rings. The normalized spacial score (nSPS) is 9.95. The number of thiophene rings is 1. The van der Waals surface area contributed by atoms with Crippen LogP contribution in [0.25, 0.3) is 0 Å². The van der Waals surface area contributed by atoms with Crippen molar-refractivity contribution in [3.63, 3.8) is 0 Å². The Balaban J connectivity index is 0.00000361. The Bertz CT molecular complexity index is 446. The molecular weight excluding hydrogens is 296 g/mol. The van der Waals surface area contributed by atoms with Crippen LogP contribution in [0, 0.1) is 13.8 Å². The second-order valence-corrected chi connectivity index (χ2v) is 5.91. The molecule has 0 fully saturated rings. The fourth-order valence-electron chi connectivity index (χ4n) is 1.82. The van der Waals surface area contributed by atoms with Crippen molar-refractivity contribution in [2.24, 2.45) is 0 Å². The average molecular weight is 319 g/mol. The van der Waals surface area contributed by atoms with Crippen LogP contribution in [-0.4, -0.2) is 31.3 Å². The van der Waals surface area contributed by atoms with Crippen LogP contribution in [0.2, 0.25) is 0 Å². The number of hydrogen-bond donors (Lipinski definition) is 2. The number of halogens is 1. The summed E-state index contributed by atoms with van der Waals surface area (Å²) in [4.78, 5) is 25.7. The Morgan fingerprint density at radius 2 is 1.90 bits per heavy atom. The summed E-state index contributed by atoms with van der Waals surface area (Å²) < 4.78 is 0. The smallest absolute Gasteiger partial charge is 0.220 e. The zero-order chi connectivity index (χ0) is 14.3. The van der Waals surface area contributed by atoms with Crippen LogP contribution < -0.4 is 10.6 Å². The maximum atomic E-state index is 12.0. The topological polar surface area (TPSA) is 58.2 Å². The Morgan fingerprint density at radius 3 is 2.45 bits per heavy atom. The van der Waals surface area contributed by atoms with Crippen LogP contribution in [0.15, 0.2) is 6.07 Å². The van der Waals surface area contributed by atoms with E-state index in [-0.39, 0.29) is 36.9 Å². The van der Waals surface area contributed by atoms with Gasteiger partial charge in [-0.25, -0.2) is 0 Å². The average Bonchev–Trinajstić information content (AvgIpc) is 2.71. The molecule has 0 aliphatic rings. The predicted octanol–water partition coefficient (Wildman–Crippen LogP) is 2.48. The molecule has 114 valence electrons. The Hall–Kier alpha value is -0.910. The highest BCUT2D eigenvalue weighted by Gasteiger charge is 2.13. The molecule has 0 radical (unpaired) electrons. The SMILES string of the molecule is CCNCCNC(=O)CCC(=O)c1cc(C)sc1C.Cl. The van der Waals surface area contributed by atoms with E-state index in [4.69, 9.17) is 0 Å². The molecular formula is C14H23ClN2O2S. The van der Waals surface area contributed by atoms with E-state index in [0.717, 1.165) is 28.4 Å². The Labute approximate surface area is 130 Å². The third kappa shape index (κ3) is 6.50. The number of nitrogens with one attached hydrogen (secondary N) is 2. The number of Topliss-reactive ketones (excluding diaryl/α,β-unsaturated/α-hetero) is 1. The molecule has 1 rings (SSSR count). The minimum atomic E-state index is -0.0594. The second-order valence-electron chi connectivity index (χ2n) is 4.45. The second kappa shape index (κ2) is 9.91. The van der Waals surface area contributed by atoms with E-state index in [0.29, 0.717) is 6.54 Å². The van der Waals surface area contributed by atoms with Crippen molar-refractivity contribution < 1.29 is 9.59 Å². The lowest BCUT2D eigenvalue weighted by Gasteiger charge is -2.05. The highest BCUT2D eigenvalue weighted by atomic mass is 35.5. The number of carbonyl (C=O) groups is 2. The summed E-state index contributed by atoms with van der Waals surface area (Å²) in [5, 5.41) is 5.92. The Kier molecular flexibility index (Phi) is 9.46. The zero-order valence-electron chi connectivity index (χ0n) is 12.2. The molecule has 1 amide bonds. The largest absolute Gasteiger partial charge is 0.355 e. The zero-order valence-corrected chi connectivity index (χ0v) is 13.9. The van der Waals surface area contributed by atoms with Gasteiger partial charge in [-0.2, -0.15) is 0 Å².